The van der Waals surface area contributed by atoms with Gasteiger partial charge in [-0.3, -0.25) is 4.99 Å². The molecule has 1 aliphatic carbocycles. The van der Waals surface area contributed by atoms with Crippen LogP contribution in [0.3, 0.4) is 0 Å². The lowest BCUT2D eigenvalue weighted by Crippen LogP contribution is -2.53. The quantitative estimate of drug-likeness (QED) is 0.381. The maximum atomic E-state index is 14.3. The van der Waals surface area contributed by atoms with E-state index in [1.165, 1.54) is 0 Å². The van der Waals surface area contributed by atoms with Gasteiger partial charge in [-0.05, 0) is 44.2 Å². The van der Waals surface area contributed by atoms with E-state index in [1.54, 1.807) is 12.1 Å². The number of rotatable bonds is 5. The maximum Gasteiger partial charge on any atom is 0.194 e. The molecular weight excluding hydrogens is 472 g/mol. The average molecular weight is 503 g/mol. The number of benzene rings is 1. The van der Waals surface area contributed by atoms with Crippen LogP contribution >= 0.6 is 24.0 Å². The minimum atomic E-state index is -0.133. The molecule has 1 N–H and O–H groups in total. The molecule has 28 heavy (non-hydrogen) atoms. The SMILES string of the molecule is CCNC(=NCC1(c2ccccc2F)CC1)N1CCOC(C2CCCO2)C1.I. The number of morpholine rings is 1. The van der Waals surface area contributed by atoms with Crippen LogP contribution in [0.5, 0.6) is 0 Å². The first-order valence-corrected chi connectivity index (χ1v) is 10.2. The van der Waals surface area contributed by atoms with Crippen LogP contribution in [0, 0.1) is 5.82 Å². The molecule has 2 saturated heterocycles. The van der Waals surface area contributed by atoms with Crippen molar-refractivity contribution in [1.29, 1.82) is 0 Å². The molecule has 0 aromatic heterocycles. The Hall–Kier alpha value is -0.930. The third-order valence-corrected chi connectivity index (χ3v) is 5.94. The molecule has 156 valence electrons. The van der Waals surface area contributed by atoms with Crippen molar-refractivity contribution in [2.24, 2.45) is 4.99 Å². The fourth-order valence-electron chi connectivity index (χ4n) is 4.20. The van der Waals surface area contributed by atoms with Gasteiger partial charge in [0.05, 0.1) is 19.3 Å². The van der Waals surface area contributed by atoms with E-state index < -0.39 is 0 Å². The molecule has 0 spiro atoms. The van der Waals surface area contributed by atoms with Crippen molar-refractivity contribution in [3.05, 3.63) is 35.6 Å². The summed E-state index contributed by atoms with van der Waals surface area (Å²) in [5, 5.41) is 3.42. The Kier molecular flexibility index (Phi) is 7.55. The highest BCUT2D eigenvalue weighted by molar-refractivity contribution is 14.0. The van der Waals surface area contributed by atoms with E-state index in [-0.39, 0.29) is 47.4 Å². The third-order valence-electron chi connectivity index (χ3n) is 5.94. The van der Waals surface area contributed by atoms with Crippen LogP contribution in [0.2, 0.25) is 0 Å². The number of guanidine groups is 1. The topological polar surface area (TPSA) is 46.1 Å². The van der Waals surface area contributed by atoms with E-state index in [4.69, 9.17) is 14.5 Å². The average Bonchev–Trinajstić information content (AvgIpc) is 3.27. The summed E-state index contributed by atoms with van der Waals surface area (Å²) in [5.41, 5.74) is 0.676. The van der Waals surface area contributed by atoms with Gasteiger partial charge in [0.25, 0.3) is 0 Å². The Balaban J connectivity index is 0.00000225. The van der Waals surface area contributed by atoms with Gasteiger partial charge in [0.2, 0.25) is 0 Å². The molecule has 1 saturated carbocycles. The van der Waals surface area contributed by atoms with Crippen molar-refractivity contribution >= 4 is 29.9 Å². The largest absolute Gasteiger partial charge is 0.375 e. The maximum absolute atomic E-state index is 14.3. The van der Waals surface area contributed by atoms with Gasteiger partial charge in [-0.15, -0.1) is 24.0 Å². The zero-order chi connectivity index (χ0) is 18.7. The molecule has 5 nitrogen and oxygen atoms in total. The Morgan fingerprint density at radius 3 is 2.71 bits per heavy atom. The van der Waals surface area contributed by atoms with Gasteiger partial charge in [0.1, 0.15) is 11.9 Å². The zero-order valence-corrected chi connectivity index (χ0v) is 18.9. The Morgan fingerprint density at radius 1 is 1.25 bits per heavy atom. The zero-order valence-electron chi connectivity index (χ0n) is 16.5. The summed E-state index contributed by atoms with van der Waals surface area (Å²) >= 11 is 0. The highest BCUT2D eigenvalue weighted by atomic mass is 127. The molecule has 3 fully saturated rings. The summed E-state index contributed by atoms with van der Waals surface area (Å²) in [6, 6.07) is 7.13. The van der Waals surface area contributed by atoms with Crippen LogP contribution in [-0.4, -0.2) is 62.5 Å². The molecule has 0 radical (unpaired) electrons. The second kappa shape index (κ2) is 9.71. The first-order chi connectivity index (χ1) is 13.2. The van der Waals surface area contributed by atoms with Crippen molar-refractivity contribution < 1.29 is 13.9 Å². The van der Waals surface area contributed by atoms with E-state index in [1.807, 2.05) is 12.1 Å². The van der Waals surface area contributed by atoms with E-state index >= 15 is 0 Å². The predicted molar refractivity (Wildman–Crippen MR) is 119 cm³/mol. The third kappa shape index (κ3) is 4.79. The fourth-order valence-corrected chi connectivity index (χ4v) is 4.20. The number of nitrogens with zero attached hydrogens (tertiary/aromatic N) is 2. The van der Waals surface area contributed by atoms with Gasteiger partial charge < -0.3 is 19.7 Å². The summed E-state index contributed by atoms with van der Waals surface area (Å²) in [6.07, 6.45) is 4.49. The molecule has 2 atom stereocenters. The van der Waals surface area contributed by atoms with Crippen molar-refractivity contribution in [3.63, 3.8) is 0 Å². The summed E-state index contributed by atoms with van der Waals surface area (Å²) in [7, 11) is 0. The van der Waals surface area contributed by atoms with Crippen molar-refractivity contribution in [1.82, 2.24) is 10.2 Å². The van der Waals surface area contributed by atoms with Gasteiger partial charge in [-0.1, -0.05) is 18.2 Å². The number of halogens is 2. The first kappa shape index (κ1) is 21.8. The monoisotopic (exact) mass is 503 g/mol. The molecule has 1 aromatic carbocycles. The smallest absolute Gasteiger partial charge is 0.194 e. The lowest BCUT2D eigenvalue weighted by molar-refractivity contribution is -0.0817. The summed E-state index contributed by atoms with van der Waals surface area (Å²) in [6.45, 7) is 6.66. The van der Waals surface area contributed by atoms with E-state index in [0.717, 1.165) is 63.4 Å². The van der Waals surface area contributed by atoms with Crippen molar-refractivity contribution in [3.8, 4) is 0 Å². The van der Waals surface area contributed by atoms with Crippen LogP contribution in [0.4, 0.5) is 4.39 Å². The molecule has 3 aliphatic rings. The van der Waals surface area contributed by atoms with Gasteiger partial charge in [-0.25, -0.2) is 4.39 Å². The van der Waals surface area contributed by atoms with Gasteiger partial charge >= 0.3 is 0 Å². The van der Waals surface area contributed by atoms with Crippen LogP contribution in [0.25, 0.3) is 0 Å². The molecular formula is C21H31FIN3O2. The Labute approximate surface area is 184 Å². The summed E-state index contributed by atoms with van der Waals surface area (Å²) in [4.78, 5) is 7.19. The van der Waals surface area contributed by atoms with Crippen LogP contribution in [-0.2, 0) is 14.9 Å². The summed E-state index contributed by atoms with van der Waals surface area (Å²) in [5.74, 6) is 0.798. The molecule has 0 amide bonds. The predicted octanol–water partition coefficient (Wildman–Crippen LogP) is 3.32. The van der Waals surface area contributed by atoms with Gasteiger partial charge in [0, 0.05) is 31.7 Å². The molecule has 2 unspecified atom stereocenters. The minimum Gasteiger partial charge on any atom is -0.375 e. The normalized spacial score (nSPS) is 26.6. The number of hydrogen-bond acceptors (Lipinski definition) is 3. The van der Waals surface area contributed by atoms with E-state index in [2.05, 4.69) is 17.1 Å². The van der Waals surface area contributed by atoms with Crippen LogP contribution < -0.4 is 5.32 Å². The second-order valence-electron chi connectivity index (χ2n) is 7.84. The lowest BCUT2D eigenvalue weighted by Gasteiger charge is -2.37. The first-order valence-electron chi connectivity index (χ1n) is 10.2. The summed E-state index contributed by atoms with van der Waals surface area (Å²) < 4.78 is 26.1. The van der Waals surface area contributed by atoms with Gasteiger partial charge in [-0.2, -0.15) is 0 Å². The fraction of sp³-hybridized carbons (Fsp3) is 0.667. The van der Waals surface area contributed by atoms with Crippen molar-refractivity contribution in [2.45, 2.75) is 50.2 Å². The molecule has 4 rings (SSSR count). The Bertz CT molecular complexity index is 677. The minimum absolute atomic E-state index is 0. The van der Waals surface area contributed by atoms with Crippen LogP contribution in [0.1, 0.15) is 38.2 Å². The molecule has 1 aromatic rings. The lowest BCUT2D eigenvalue weighted by atomic mass is 9.95. The number of hydrogen-bond donors (Lipinski definition) is 1. The second-order valence-corrected chi connectivity index (χ2v) is 7.84. The molecule has 2 heterocycles. The molecule has 7 heteroatoms. The number of aliphatic imine (C=N–C) groups is 1. The molecule has 0 bridgehead atoms. The van der Waals surface area contributed by atoms with E-state index in [9.17, 15) is 4.39 Å². The van der Waals surface area contributed by atoms with E-state index in [0.29, 0.717) is 13.2 Å². The molecule has 2 aliphatic heterocycles. The Morgan fingerprint density at radius 2 is 2.04 bits per heavy atom. The highest BCUT2D eigenvalue weighted by Gasteiger charge is 2.46. The standard InChI is InChI=1S/C21H30FN3O2.HI/c1-2-23-20(25-11-13-27-19(14-25)18-8-5-12-26-18)24-15-21(9-10-21)16-6-3-4-7-17(16)22;/h3-4,6-7,18-19H,2,5,8-15H2,1H3,(H,23,24);1H. The van der Waals surface area contributed by atoms with Gasteiger partial charge in [0.15, 0.2) is 5.96 Å². The number of ether oxygens (including phenoxy) is 2. The van der Waals surface area contributed by atoms with Crippen LogP contribution in [0.15, 0.2) is 29.3 Å². The highest BCUT2D eigenvalue weighted by Crippen LogP contribution is 2.49. The number of nitrogens with one attached hydrogen (secondary N) is 1. The van der Waals surface area contributed by atoms with Crippen molar-refractivity contribution in [2.75, 3.05) is 39.4 Å².